The third-order valence-electron chi connectivity index (χ3n) is 3.26. The molecule has 1 saturated heterocycles. The molecule has 0 aromatic carbocycles. The van der Waals surface area contributed by atoms with Crippen LogP contribution in [0.2, 0.25) is 0 Å². The maximum absolute atomic E-state index is 12.1. The summed E-state index contributed by atoms with van der Waals surface area (Å²) in [6.45, 7) is 2.17. The van der Waals surface area contributed by atoms with Gasteiger partial charge in [0.15, 0.2) is 0 Å². The minimum absolute atomic E-state index is 0.192. The summed E-state index contributed by atoms with van der Waals surface area (Å²) in [6, 6.07) is -2.14. The number of likely N-dealkylation sites (tertiary alicyclic amines) is 1. The number of aldehydes is 1. The summed E-state index contributed by atoms with van der Waals surface area (Å²) >= 11 is 1.87. The van der Waals surface area contributed by atoms with Gasteiger partial charge in [0.1, 0.15) is 12.3 Å². The van der Waals surface area contributed by atoms with Crippen molar-refractivity contribution in [2.24, 2.45) is 0 Å². The second-order valence-electron chi connectivity index (χ2n) is 4.87. The molecule has 1 aliphatic rings. The van der Waals surface area contributed by atoms with Crippen molar-refractivity contribution in [3.63, 3.8) is 0 Å². The number of carbonyl (C=O) groups excluding carboxylic acids is 3. The lowest BCUT2D eigenvalue weighted by Gasteiger charge is -2.27. The standard InChI is InChI=1S/C12H18IN3O5/c1-7(15-13)12(21)16-4-2-3-9(16)11(20)14-8(6-17)5-10(18)19/h6-9,15H,2-5H2,1H3,(H,14,20)(H,18,19)/t7?,8-,9?/m0/s1. The minimum Gasteiger partial charge on any atom is -0.481 e. The van der Waals surface area contributed by atoms with Gasteiger partial charge in [-0.2, -0.15) is 0 Å². The van der Waals surface area contributed by atoms with Crippen LogP contribution in [0.15, 0.2) is 0 Å². The van der Waals surface area contributed by atoms with Crippen LogP contribution in [0.1, 0.15) is 26.2 Å². The van der Waals surface area contributed by atoms with E-state index in [-0.39, 0.29) is 5.91 Å². The molecule has 3 N–H and O–H groups in total. The third-order valence-corrected chi connectivity index (χ3v) is 4.19. The summed E-state index contributed by atoms with van der Waals surface area (Å²) in [6.07, 6.45) is 1.12. The number of hydrogen-bond acceptors (Lipinski definition) is 5. The topological polar surface area (TPSA) is 116 Å². The van der Waals surface area contributed by atoms with Crippen LogP contribution in [0.25, 0.3) is 0 Å². The van der Waals surface area contributed by atoms with Crippen LogP contribution in [0, 0.1) is 0 Å². The molecular formula is C12H18IN3O5. The van der Waals surface area contributed by atoms with Gasteiger partial charge >= 0.3 is 5.97 Å². The largest absolute Gasteiger partial charge is 0.481 e. The molecule has 1 rings (SSSR count). The smallest absolute Gasteiger partial charge is 0.305 e. The molecule has 1 fully saturated rings. The van der Waals surface area contributed by atoms with Crippen LogP contribution in [0.4, 0.5) is 0 Å². The van der Waals surface area contributed by atoms with Crippen molar-refractivity contribution in [2.45, 2.75) is 44.3 Å². The molecule has 8 nitrogen and oxygen atoms in total. The van der Waals surface area contributed by atoms with Gasteiger partial charge in [0.2, 0.25) is 11.8 Å². The van der Waals surface area contributed by atoms with E-state index in [1.807, 2.05) is 22.9 Å². The highest BCUT2D eigenvalue weighted by Crippen LogP contribution is 2.19. The van der Waals surface area contributed by atoms with E-state index in [9.17, 15) is 19.2 Å². The Morgan fingerprint density at radius 3 is 2.67 bits per heavy atom. The zero-order valence-corrected chi connectivity index (χ0v) is 13.7. The van der Waals surface area contributed by atoms with Crippen molar-refractivity contribution >= 4 is 46.9 Å². The molecule has 118 valence electrons. The summed E-state index contributed by atoms with van der Waals surface area (Å²) in [5.74, 6) is -1.85. The Hall–Kier alpha value is -1.23. The highest BCUT2D eigenvalue weighted by Gasteiger charge is 2.36. The summed E-state index contributed by atoms with van der Waals surface area (Å²) in [4.78, 5) is 47.1. The van der Waals surface area contributed by atoms with Crippen molar-refractivity contribution < 1.29 is 24.3 Å². The first-order chi connectivity index (χ1) is 9.90. The van der Waals surface area contributed by atoms with Crippen molar-refractivity contribution in [2.75, 3.05) is 6.54 Å². The van der Waals surface area contributed by atoms with Crippen LogP contribution in [-0.4, -0.2) is 58.7 Å². The number of carboxylic acids is 1. The molecule has 1 aliphatic heterocycles. The van der Waals surface area contributed by atoms with Gasteiger partial charge in [-0.3, -0.25) is 14.4 Å². The predicted octanol–water partition coefficient (Wildman–Crippen LogP) is -0.536. The van der Waals surface area contributed by atoms with Crippen molar-refractivity contribution in [1.82, 2.24) is 13.7 Å². The van der Waals surface area contributed by atoms with Crippen LogP contribution >= 0.6 is 22.9 Å². The maximum atomic E-state index is 12.1. The second-order valence-corrected chi connectivity index (χ2v) is 5.49. The van der Waals surface area contributed by atoms with E-state index in [0.717, 1.165) is 0 Å². The summed E-state index contributed by atoms with van der Waals surface area (Å²) in [5.41, 5.74) is 0. The van der Waals surface area contributed by atoms with Gasteiger partial charge in [-0.05, 0) is 19.8 Å². The van der Waals surface area contributed by atoms with Crippen molar-refractivity contribution in [3.05, 3.63) is 0 Å². The molecule has 0 aromatic rings. The average molecular weight is 411 g/mol. The van der Waals surface area contributed by atoms with Gasteiger partial charge < -0.3 is 20.1 Å². The Kier molecular flexibility index (Phi) is 7.02. The van der Waals surface area contributed by atoms with Crippen molar-refractivity contribution in [3.8, 4) is 0 Å². The Labute approximate surface area is 136 Å². The Balaban J connectivity index is 2.69. The summed E-state index contributed by atoms with van der Waals surface area (Å²) < 4.78 is 2.79. The molecule has 9 heteroatoms. The van der Waals surface area contributed by atoms with Gasteiger partial charge in [0.05, 0.1) is 18.5 Å². The third kappa shape index (κ3) is 4.92. The van der Waals surface area contributed by atoms with Crippen molar-refractivity contribution in [1.29, 1.82) is 0 Å². The predicted molar refractivity (Wildman–Crippen MR) is 81.6 cm³/mol. The molecule has 0 spiro atoms. The van der Waals surface area contributed by atoms with Gasteiger partial charge in [-0.15, -0.1) is 0 Å². The first-order valence-corrected chi connectivity index (χ1v) is 7.62. The molecule has 0 saturated carbocycles. The van der Waals surface area contributed by atoms with Gasteiger partial charge in [0.25, 0.3) is 0 Å². The van der Waals surface area contributed by atoms with Gasteiger partial charge in [0, 0.05) is 29.4 Å². The zero-order valence-electron chi connectivity index (χ0n) is 11.5. The first-order valence-electron chi connectivity index (χ1n) is 6.54. The Morgan fingerprint density at radius 1 is 1.48 bits per heavy atom. The number of halogens is 1. The number of aliphatic carboxylic acids is 1. The van der Waals surface area contributed by atoms with Gasteiger partial charge in [-0.1, -0.05) is 0 Å². The fraction of sp³-hybridized carbons (Fsp3) is 0.667. The number of rotatable bonds is 7. The second kappa shape index (κ2) is 8.27. The molecular weight excluding hydrogens is 393 g/mol. The fourth-order valence-electron chi connectivity index (χ4n) is 2.20. The lowest BCUT2D eigenvalue weighted by molar-refractivity contribution is -0.141. The fourth-order valence-corrected chi connectivity index (χ4v) is 2.47. The van der Waals surface area contributed by atoms with E-state index < -0.39 is 36.4 Å². The molecule has 0 aliphatic carbocycles. The van der Waals surface area contributed by atoms with E-state index in [2.05, 4.69) is 8.85 Å². The molecule has 0 bridgehead atoms. The molecule has 0 radical (unpaired) electrons. The highest BCUT2D eigenvalue weighted by molar-refractivity contribution is 14.1. The summed E-state index contributed by atoms with van der Waals surface area (Å²) in [5, 5.41) is 11.0. The van der Waals surface area contributed by atoms with Gasteiger partial charge in [-0.25, -0.2) is 3.53 Å². The maximum Gasteiger partial charge on any atom is 0.305 e. The zero-order chi connectivity index (χ0) is 16.0. The molecule has 2 amide bonds. The molecule has 1 heterocycles. The van der Waals surface area contributed by atoms with E-state index in [4.69, 9.17) is 5.11 Å². The van der Waals surface area contributed by atoms with Crippen LogP contribution in [0.3, 0.4) is 0 Å². The van der Waals surface area contributed by atoms with E-state index >= 15 is 0 Å². The van der Waals surface area contributed by atoms with E-state index in [0.29, 0.717) is 25.7 Å². The normalized spacial score (nSPS) is 20.7. The van der Waals surface area contributed by atoms with Crippen LogP contribution < -0.4 is 8.85 Å². The highest BCUT2D eigenvalue weighted by atomic mass is 127. The number of hydrogen-bond donors (Lipinski definition) is 3. The molecule has 0 aromatic heterocycles. The van der Waals surface area contributed by atoms with E-state index in [1.54, 1.807) is 6.92 Å². The molecule has 3 atom stereocenters. The molecule has 21 heavy (non-hydrogen) atoms. The monoisotopic (exact) mass is 411 g/mol. The number of nitrogens with one attached hydrogen (secondary N) is 2. The van der Waals surface area contributed by atoms with Crippen LogP contribution in [0.5, 0.6) is 0 Å². The minimum atomic E-state index is -1.17. The Bertz CT molecular complexity index is 431. The lowest BCUT2D eigenvalue weighted by Crippen LogP contribution is -2.52. The van der Waals surface area contributed by atoms with Crippen LogP contribution in [-0.2, 0) is 19.2 Å². The summed E-state index contributed by atoms with van der Waals surface area (Å²) in [7, 11) is 0. The number of nitrogens with zero attached hydrogens (tertiary/aromatic N) is 1. The lowest BCUT2D eigenvalue weighted by atomic mass is 10.1. The quantitative estimate of drug-likeness (QED) is 0.295. The SMILES string of the molecule is CC(NI)C(=O)N1CCCC1C(=O)N[C@H](C=O)CC(=O)O. The first kappa shape index (κ1) is 17.8. The number of amides is 2. The number of carboxylic acid groups (broad SMARTS) is 1. The number of carbonyl (C=O) groups is 4. The Morgan fingerprint density at radius 2 is 2.14 bits per heavy atom. The molecule has 2 unspecified atom stereocenters. The average Bonchev–Trinajstić information content (AvgIpc) is 2.93. The van der Waals surface area contributed by atoms with E-state index in [1.165, 1.54) is 4.90 Å².